The van der Waals surface area contributed by atoms with Crippen molar-refractivity contribution < 1.29 is 10.2 Å². The van der Waals surface area contributed by atoms with Gasteiger partial charge in [-0.2, -0.15) is 0 Å². The van der Waals surface area contributed by atoms with Gasteiger partial charge in [0.05, 0.1) is 0 Å². The van der Waals surface area contributed by atoms with Crippen LogP contribution in [0.5, 0.6) is 0 Å². The van der Waals surface area contributed by atoms with E-state index in [-0.39, 0.29) is 0 Å². The third kappa shape index (κ3) is 6.92. The first-order chi connectivity index (χ1) is 9.81. The lowest BCUT2D eigenvalue weighted by Crippen LogP contribution is -2.35. The topological polar surface area (TPSA) is 40.5 Å². The second-order valence-electron chi connectivity index (χ2n) is 6.47. The van der Waals surface area contributed by atoms with E-state index in [4.69, 9.17) is 0 Å². The van der Waals surface area contributed by atoms with Gasteiger partial charge in [-0.05, 0) is 59.8 Å². The molecule has 0 aromatic rings. The first kappa shape index (κ1) is 17.9. The Morgan fingerprint density at radius 2 is 1.62 bits per heavy atom. The number of rotatable bonds is 0. The first-order valence-electron chi connectivity index (χ1n) is 7.88. The minimum atomic E-state index is -1.21. The molecule has 0 aromatic carbocycles. The summed E-state index contributed by atoms with van der Waals surface area (Å²) in [7, 11) is 0. The largest absolute Gasteiger partial charge is 0.386 e. The van der Waals surface area contributed by atoms with Crippen molar-refractivity contribution in [2.24, 2.45) is 0 Å². The molecule has 0 saturated carbocycles. The van der Waals surface area contributed by atoms with E-state index < -0.39 is 11.7 Å². The van der Waals surface area contributed by atoms with Crippen LogP contribution >= 0.6 is 0 Å². The van der Waals surface area contributed by atoms with Crippen LogP contribution in [0.2, 0.25) is 0 Å². The molecule has 1 rings (SSSR count). The highest BCUT2D eigenvalue weighted by atomic mass is 16.3. The molecular weight excluding hydrogens is 260 g/mol. The Balaban J connectivity index is 2.93. The van der Waals surface area contributed by atoms with Crippen LogP contribution < -0.4 is 0 Å². The minimum absolute atomic E-state index is 0.825. The summed E-state index contributed by atoms with van der Waals surface area (Å²) in [5.41, 5.74) is 2.63. The Hall–Kier alpha value is -1.12. The van der Waals surface area contributed by atoms with Crippen molar-refractivity contribution in [1.82, 2.24) is 0 Å². The average Bonchev–Trinajstić information content (AvgIpc) is 2.40. The summed E-state index contributed by atoms with van der Waals surface area (Å²) in [4.78, 5) is 0. The van der Waals surface area contributed by atoms with Gasteiger partial charge in [0.25, 0.3) is 0 Å². The summed E-state index contributed by atoms with van der Waals surface area (Å²) in [6, 6.07) is 0. The lowest BCUT2D eigenvalue weighted by Gasteiger charge is -2.24. The zero-order valence-electron chi connectivity index (χ0n) is 13.9. The highest BCUT2D eigenvalue weighted by Crippen LogP contribution is 2.19. The number of allylic oxidation sites excluding steroid dienone is 6. The molecule has 0 heterocycles. The minimum Gasteiger partial charge on any atom is -0.386 e. The Labute approximate surface area is 129 Å². The Bertz CT molecular complexity index is 450. The van der Waals surface area contributed by atoms with E-state index >= 15 is 0 Å². The van der Waals surface area contributed by atoms with Gasteiger partial charge in [-0.3, -0.25) is 0 Å². The first-order valence-corrected chi connectivity index (χ1v) is 7.88. The van der Waals surface area contributed by atoms with E-state index in [2.05, 4.69) is 26.0 Å². The van der Waals surface area contributed by atoms with Crippen LogP contribution in [-0.2, 0) is 0 Å². The van der Waals surface area contributed by atoms with E-state index in [1.807, 2.05) is 13.0 Å². The molecular formula is C19H30O2. The van der Waals surface area contributed by atoms with Gasteiger partial charge in [0.1, 0.15) is 11.7 Å². The number of hydrogen-bond acceptors (Lipinski definition) is 2. The molecule has 0 spiro atoms. The summed E-state index contributed by atoms with van der Waals surface area (Å²) in [6.45, 7) is 7.96. The predicted molar refractivity (Wildman–Crippen MR) is 90.1 cm³/mol. The molecule has 2 unspecified atom stereocenters. The Kier molecular flexibility index (Phi) is 7.13. The third-order valence-corrected chi connectivity index (χ3v) is 4.01. The summed E-state index contributed by atoms with van der Waals surface area (Å²) < 4.78 is 0. The van der Waals surface area contributed by atoms with E-state index in [1.165, 1.54) is 11.1 Å². The molecule has 118 valence electrons. The normalized spacial score (nSPS) is 38.8. The molecule has 2 nitrogen and oxygen atoms in total. The maximum absolute atomic E-state index is 10.3. The molecule has 0 amide bonds. The van der Waals surface area contributed by atoms with Crippen molar-refractivity contribution in [3.63, 3.8) is 0 Å². The standard InChI is InChI=1S/C19H30O2/c1-15-8-5-6-13-19(4,21)18(20)14-17(3)12-11-16(2)10-7-9-15/h6,9,11,13-14,18,20-21H,5,7-8,10,12H2,1-4H3/b13-6+,15-9+,16-11+,17-14+. The van der Waals surface area contributed by atoms with E-state index in [0.717, 1.165) is 37.7 Å². The maximum atomic E-state index is 10.3. The van der Waals surface area contributed by atoms with Gasteiger partial charge >= 0.3 is 0 Å². The number of aliphatic hydroxyl groups is 2. The van der Waals surface area contributed by atoms with Crippen LogP contribution in [0.15, 0.2) is 47.1 Å². The fraction of sp³-hybridized carbons (Fsp3) is 0.579. The van der Waals surface area contributed by atoms with Crippen molar-refractivity contribution in [3.05, 3.63) is 47.1 Å². The number of aliphatic hydroxyl groups excluding tert-OH is 1. The lowest BCUT2D eigenvalue weighted by molar-refractivity contribution is 0.0000202. The lowest BCUT2D eigenvalue weighted by atomic mass is 9.95. The van der Waals surface area contributed by atoms with Crippen molar-refractivity contribution in [3.8, 4) is 0 Å². The molecule has 0 aromatic heterocycles. The molecule has 2 heteroatoms. The Morgan fingerprint density at radius 3 is 2.33 bits per heavy atom. The van der Waals surface area contributed by atoms with Gasteiger partial charge in [0.2, 0.25) is 0 Å². The van der Waals surface area contributed by atoms with Gasteiger partial charge in [-0.1, -0.05) is 47.1 Å². The molecule has 1 aliphatic rings. The maximum Gasteiger partial charge on any atom is 0.109 e. The highest BCUT2D eigenvalue weighted by Gasteiger charge is 2.25. The summed E-state index contributed by atoms with van der Waals surface area (Å²) in [5.74, 6) is 0. The van der Waals surface area contributed by atoms with E-state index in [1.54, 1.807) is 19.1 Å². The summed E-state index contributed by atoms with van der Waals surface area (Å²) >= 11 is 0. The second-order valence-corrected chi connectivity index (χ2v) is 6.47. The van der Waals surface area contributed by atoms with E-state index in [0.29, 0.717) is 0 Å². The zero-order chi connectivity index (χ0) is 15.9. The molecule has 0 aliphatic heterocycles. The van der Waals surface area contributed by atoms with Crippen LogP contribution in [0, 0.1) is 0 Å². The van der Waals surface area contributed by atoms with Gasteiger partial charge in [-0.25, -0.2) is 0 Å². The molecule has 2 atom stereocenters. The van der Waals surface area contributed by atoms with E-state index in [9.17, 15) is 10.2 Å². The molecule has 0 fully saturated rings. The van der Waals surface area contributed by atoms with Crippen LogP contribution in [-0.4, -0.2) is 21.9 Å². The summed E-state index contributed by atoms with van der Waals surface area (Å²) in [6.07, 6.45) is 14.0. The molecule has 0 radical (unpaired) electrons. The van der Waals surface area contributed by atoms with Gasteiger partial charge in [0, 0.05) is 0 Å². The fourth-order valence-electron chi connectivity index (χ4n) is 2.32. The molecule has 0 saturated heterocycles. The highest BCUT2D eigenvalue weighted by molar-refractivity contribution is 5.17. The average molecular weight is 290 g/mol. The van der Waals surface area contributed by atoms with Crippen molar-refractivity contribution >= 4 is 0 Å². The molecule has 21 heavy (non-hydrogen) atoms. The van der Waals surface area contributed by atoms with Crippen LogP contribution in [0.4, 0.5) is 0 Å². The van der Waals surface area contributed by atoms with Crippen LogP contribution in [0.1, 0.15) is 59.8 Å². The third-order valence-electron chi connectivity index (χ3n) is 4.01. The fourth-order valence-corrected chi connectivity index (χ4v) is 2.32. The molecule has 1 aliphatic carbocycles. The monoisotopic (exact) mass is 290 g/mol. The smallest absolute Gasteiger partial charge is 0.109 e. The van der Waals surface area contributed by atoms with Crippen molar-refractivity contribution in [2.45, 2.75) is 71.5 Å². The van der Waals surface area contributed by atoms with Gasteiger partial charge < -0.3 is 10.2 Å². The quantitative estimate of drug-likeness (QED) is 0.647. The molecule has 0 bridgehead atoms. The van der Waals surface area contributed by atoms with Crippen molar-refractivity contribution in [1.29, 1.82) is 0 Å². The van der Waals surface area contributed by atoms with Crippen LogP contribution in [0.3, 0.4) is 0 Å². The zero-order valence-corrected chi connectivity index (χ0v) is 13.9. The van der Waals surface area contributed by atoms with Crippen molar-refractivity contribution in [2.75, 3.05) is 0 Å². The second kappa shape index (κ2) is 8.35. The van der Waals surface area contributed by atoms with Crippen LogP contribution in [0.25, 0.3) is 0 Å². The molecule has 2 N–H and O–H groups in total. The van der Waals surface area contributed by atoms with Gasteiger partial charge in [0.15, 0.2) is 0 Å². The SMILES string of the molecule is C/C1=C\C(O)C(C)(O)/C=C/CC/C(C)=C/CC/C(C)=C/C1. The predicted octanol–water partition coefficient (Wildman–Crippen LogP) is 4.46. The summed E-state index contributed by atoms with van der Waals surface area (Å²) in [5, 5.41) is 20.5. The van der Waals surface area contributed by atoms with Gasteiger partial charge in [-0.15, -0.1) is 0 Å². The Morgan fingerprint density at radius 1 is 1.00 bits per heavy atom. The number of hydrogen-bond donors (Lipinski definition) is 2.